The van der Waals surface area contributed by atoms with E-state index in [1.54, 1.807) is 7.11 Å². The minimum absolute atomic E-state index is 0.0231. The van der Waals surface area contributed by atoms with E-state index in [0.29, 0.717) is 0 Å². The maximum Gasteiger partial charge on any atom is 0.211 e. The molecule has 1 aliphatic rings. The summed E-state index contributed by atoms with van der Waals surface area (Å²) in [7, 11) is 1.67. The smallest absolute Gasteiger partial charge is 0.211 e. The van der Waals surface area contributed by atoms with Crippen molar-refractivity contribution in [2.24, 2.45) is 0 Å². The highest BCUT2D eigenvalue weighted by Crippen LogP contribution is 2.20. The van der Waals surface area contributed by atoms with Gasteiger partial charge in [-0.3, -0.25) is 0 Å². The maximum atomic E-state index is 6.65. The van der Waals surface area contributed by atoms with Crippen LogP contribution >= 0.6 is 0 Å². The quantitative estimate of drug-likeness (QED) is 0.572. The molecule has 0 bridgehead atoms. The number of ether oxygens (including phenoxy) is 1. The molecule has 0 heterocycles. The molecule has 0 unspecified atom stereocenters. The zero-order valence-electron chi connectivity index (χ0n) is 6.09. The van der Waals surface area contributed by atoms with E-state index in [2.05, 4.69) is 5.11 Å². The van der Waals surface area contributed by atoms with Crippen molar-refractivity contribution in [3.8, 4) is 0 Å². The second kappa shape index (κ2) is 2.46. The standard InChI is InChI=1S/C6H12O2/c1-8-6-4-2-3-5(6)7/h5-7H,2-4H2,1H3/t5-,6-/m0/s1/i7D. The van der Waals surface area contributed by atoms with Gasteiger partial charge in [0.25, 0.3) is 0 Å². The van der Waals surface area contributed by atoms with Gasteiger partial charge in [-0.2, -0.15) is 0 Å². The van der Waals surface area contributed by atoms with E-state index in [1.165, 1.54) is 0 Å². The minimum atomic E-state index is 0.0231. The maximum absolute atomic E-state index is 6.65. The molecule has 0 amide bonds. The molecule has 2 atom stereocenters. The van der Waals surface area contributed by atoms with Crippen molar-refractivity contribution in [2.75, 3.05) is 7.11 Å². The SMILES string of the molecule is [2H]O[C@H]1CCC[C@@H]1OC. The fourth-order valence-corrected chi connectivity index (χ4v) is 1.16. The van der Waals surface area contributed by atoms with Gasteiger partial charge in [-0.25, -0.2) is 0 Å². The van der Waals surface area contributed by atoms with E-state index >= 15 is 0 Å². The van der Waals surface area contributed by atoms with Gasteiger partial charge in [-0.05, 0) is 19.3 Å². The lowest BCUT2D eigenvalue weighted by molar-refractivity contribution is 0.00983. The Labute approximate surface area is 51.0 Å². The van der Waals surface area contributed by atoms with Gasteiger partial charge in [0.2, 0.25) is 1.43 Å². The predicted octanol–water partition coefficient (Wildman–Crippen LogP) is 0.546. The van der Waals surface area contributed by atoms with Crippen molar-refractivity contribution in [3.63, 3.8) is 0 Å². The normalized spacial score (nSPS) is 39.9. The zero-order chi connectivity index (χ0) is 6.69. The largest absolute Gasteiger partial charge is 0.390 e. The van der Waals surface area contributed by atoms with Crippen LogP contribution in [0, 0.1) is 0 Å². The van der Waals surface area contributed by atoms with Crippen LogP contribution in [-0.2, 0) is 4.74 Å². The first-order valence-corrected chi connectivity index (χ1v) is 3.03. The van der Waals surface area contributed by atoms with E-state index < -0.39 is 0 Å². The summed E-state index contributed by atoms with van der Waals surface area (Å²) in [5, 5.41) is 4.44. The molecule has 1 rings (SSSR count). The highest BCUT2D eigenvalue weighted by atomic mass is 16.5. The van der Waals surface area contributed by atoms with Gasteiger partial charge >= 0.3 is 0 Å². The molecule has 0 radical (unpaired) electrons. The number of aliphatic hydroxyl groups is 1. The summed E-state index contributed by atoms with van der Waals surface area (Å²) in [6, 6.07) is 0. The van der Waals surface area contributed by atoms with Gasteiger partial charge in [0.05, 0.1) is 12.2 Å². The van der Waals surface area contributed by atoms with Crippen molar-refractivity contribution in [3.05, 3.63) is 0 Å². The number of rotatable bonds is 2. The van der Waals surface area contributed by atoms with Crippen molar-refractivity contribution in [2.45, 2.75) is 31.5 Å². The molecule has 1 N–H and O–H groups in total. The summed E-state index contributed by atoms with van der Waals surface area (Å²) in [4.78, 5) is 0. The fraction of sp³-hybridized carbons (Fsp3) is 1.00. The van der Waals surface area contributed by atoms with Crippen LogP contribution in [0.2, 0.25) is 0 Å². The lowest BCUT2D eigenvalue weighted by Crippen LogP contribution is -2.20. The third kappa shape index (κ3) is 1.01. The van der Waals surface area contributed by atoms with Crippen molar-refractivity contribution >= 4 is 0 Å². The first-order valence-electron chi connectivity index (χ1n) is 3.44. The Bertz CT molecular complexity index is 77.1. The van der Waals surface area contributed by atoms with E-state index in [4.69, 9.17) is 6.17 Å². The van der Waals surface area contributed by atoms with Gasteiger partial charge in [-0.1, -0.05) is 0 Å². The van der Waals surface area contributed by atoms with Crippen LogP contribution in [0.3, 0.4) is 0 Å². The monoisotopic (exact) mass is 117 g/mol. The first kappa shape index (κ1) is 4.77. The molecular formula is C6H12O2. The van der Waals surface area contributed by atoms with Crippen LogP contribution in [0.5, 0.6) is 0 Å². The number of aliphatic hydroxyl groups excluding tert-OH is 1. The van der Waals surface area contributed by atoms with Crippen LogP contribution in [0.4, 0.5) is 0 Å². The fourth-order valence-electron chi connectivity index (χ4n) is 1.16. The Morgan fingerprint density at radius 2 is 2.62 bits per heavy atom. The highest BCUT2D eigenvalue weighted by molar-refractivity contribution is 4.76. The van der Waals surface area contributed by atoms with Gasteiger partial charge < -0.3 is 9.85 Å². The van der Waals surface area contributed by atoms with E-state index in [1.807, 2.05) is 0 Å². The van der Waals surface area contributed by atoms with Crippen molar-refractivity contribution in [1.82, 2.24) is 0 Å². The molecule has 0 aromatic rings. The topological polar surface area (TPSA) is 29.5 Å². The molecule has 1 aliphatic carbocycles. The summed E-state index contributed by atoms with van der Waals surface area (Å²) < 4.78 is 11.7. The van der Waals surface area contributed by atoms with Crippen LogP contribution in [-0.4, -0.2) is 25.9 Å². The molecular weight excluding hydrogens is 104 g/mol. The van der Waals surface area contributed by atoms with Crippen molar-refractivity contribution in [1.29, 1.82) is 1.43 Å². The highest BCUT2D eigenvalue weighted by Gasteiger charge is 2.23. The molecule has 0 aromatic carbocycles. The van der Waals surface area contributed by atoms with Gasteiger partial charge in [0, 0.05) is 7.11 Å². The average molecular weight is 117 g/mol. The summed E-state index contributed by atoms with van der Waals surface area (Å²) in [5.74, 6) is 0. The third-order valence-corrected chi connectivity index (χ3v) is 1.69. The molecule has 0 aromatic heterocycles. The van der Waals surface area contributed by atoms with Crippen LogP contribution in [0.1, 0.15) is 19.3 Å². The molecule has 8 heavy (non-hydrogen) atoms. The molecule has 2 heteroatoms. The first-order chi connectivity index (χ1) is 4.38. The summed E-state index contributed by atoms with van der Waals surface area (Å²) in [6.45, 7) is 0. The molecule has 0 aliphatic heterocycles. The lowest BCUT2D eigenvalue weighted by atomic mass is 10.3. The number of hydrogen-bond acceptors (Lipinski definition) is 2. The lowest BCUT2D eigenvalue weighted by Gasteiger charge is -2.10. The van der Waals surface area contributed by atoms with Gasteiger partial charge in [0.1, 0.15) is 0 Å². The molecule has 48 valence electrons. The Kier molecular flexibility index (Phi) is 1.47. The van der Waals surface area contributed by atoms with E-state index in [9.17, 15) is 0 Å². The van der Waals surface area contributed by atoms with Gasteiger partial charge in [-0.15, -0.1) is 0 Å². The summed E-state index contributed by atoms with van der Waals surface area (Å²) in [6.07, 6.45) is 3.34. The number of hydrogen-bond donors (Lipinski definition) is 1. The Balaban J connectivity index is 2.32. The minimum Gasteiger partial charge on any atom is -0.390 e. The van der Waals surface area contributed by atoms with E-state index in [0.717, 1.165) is 19.3 Å². The molecule has 1 fully saturated rings. The molecule has 0 spiro atoms. The van der Waals surface area contributed by atoms with Crippen LogP contribution in [0.15, 0.2) is 0 Å². The second-order valence-electron chi connectivity index (χ2n) is 2.24. The van der Waals surface area contributed by atoms with Crippen molar-refractivity contribution < 1.29 is 9.85 Å². The van der Waals surface area contributed by atoms with Crippen LogP contribution in [0.25, 0.3) is 0 Å². The number of methoxy groups -OCH3 is 1. The Morgan fingerprint density at radius 1 is 1.75 bits per heavy atom. The molecule has 2 nitrogen and oxygen atoms in total. The Hall–Kier alpha value is -0.0800. The van der Waals surface area contributed by atoms with Gasteiger partial charge in [0.15, 0.2) is 0 Å². The third-order valence-electron chi connectivity index (χ3n) is 1.69. The molecule has 1 saturated carbocycles. The summed E-state index contributed by atoms with van der Waals surface area (Å²) >= 11 is 0. The predicted molar refractivity (Wildman–Crippen MR) is 30.7 cm³/mol. The molecule has 0 saturated heterocycles. The zero-order valence-corrected chi connectivity index (χ0v) is 5.09. The summed E-state index contributed by atoms with van der Waals surface area (Å²) in [5.41, 5.74) is 0. The Morgan fingerprint density at radius 3 is 3.12 bits per heavy atom. The second-order valence-corrected chi connectivity index (χ2v) is 2.24. The average Bonchev–Trinajstić information content (AvgIpc) is 2.33. The van der Waals surface area contributed by atoms with E-state index in [-0.39, 0.29) is 12.2 Å². The van der Waals surface area contributed by atoms with Crippen LogP contribution < -0.4 is 0 Å².